The van der Waals surface area contributed by atoms with Crippen LogP contribution < -0.4 is 10.5 Å². The molecule has 4 aromatic rings. The van der Waals surface area contributed by atoms with Gasteiger partial charge in [0.25, 0.3) is 5.56 Å². The minimum absolute atomic E-state index is 0.0632. The van der Waals surface area contributed by atoms with Crippen molar-refractivity contribution in [2.75, 3.05) is 4.90 Å². The summed E-state index contributed by atoms with van der Waals surface area (Å²) >= 11 is 2.93. The summed E-state index contributed by atoms with van der Waals surface area (Å²) in [5.74, 6) is 1.88. The number of anilines is 1. The van der Waals surface area contributed by atoms with E-state index in [2.05, 4.69) is 20.4 Å². The number of carbonyl (C=O) groups is 1. The van der Waals surface area contributed by atoms with Crippen LogP contribution in [0.15, 0.2) is 33.4 Å². The lowest BCUT2D eigenvalue weighted by atomic mass is 10.2. The Morgan fingerprint density at radius 1 is 1.19 bits per heavy atom. The molecule has 0 spiro atoms. The number of aromatic nitrogens is 6. The molecule has 0 N–H and O–H groups in total. The Morgan fingerprint density at radius 2 is 2.00 bits per heavy atom. The number of para-hydroxylation sites is 1. The maximum Gasteiger partial charge on any atom is 0.262 e. The number of carbonyl (C=O) groups excluding carboxylic acids is 1. The monoisotopic (exact) mass is 455 g/mol. The van der Waals surface area contributed by atoms with Crippen molar-refractivity contribution in [1.82, 2.24) is 29.4 Å². The highest BCUT2D eigenvalue weighted by molar-refractivity contribution is 8.00. The van der Waals surface area contributed by atoms with Gasteiger partial charge in [-0.3, -0.25) is 23.5 Å². The summed E-state index contributed by atoms with van der Waals surface area (Å²) in [4.78, 5) is 26.9. The zero-order chi connectivity index (χ0) is 21.5. The number of aryl methyl sites for hydroxylation is 1. The SMILES string of the molecule is CCC(=O)N(c1nnc(SCc2nnc3n(CC)c(=O)c4ccccc4n23)s1)C1CC1. The molecule has 0 atom stereocenters. The average molecular weight is 456 g/mol. The van der Waals surface area contributed by atoms with Gasteiger partial charge in [-0.15, -0.1) is 20.4 Å². The summed E-state index contributed by atoms with van der Waals surface area (Å²) in [5, 5.41) is 18.5. The Balaban J connectivity index is 1.46. The van der Waals surface area contributed by atoms with E-state index < -0.39 is 0 Å². The second kappa shape index (κ2) is 8.04. The Bertz CT molecular complexity index is 1340. The van der Waals surface area contributed by atoms with E-state index in [0.717, 1.165) is 28.5 Å². The van der Waals surface area contributed by atoms with Crippen LogP contribution in [0.2, 0.25) is 0 Å². The van der Waals surface area contributed by atoms with Crippen molar-refractivity contribution in [3.63, 3.8) is 0 Å². The first-order valence-corrected chi connectivity index (χ1v) is 12.1. The first-order valence-electron chi connectivity index (χ1n) is 10.3. The molecule has 1 amide bonds. The van der Waals surface area contributed by atoms with Gasteiger partial charge in [-0.2, -0.15) is 0 Å². The molecule has 0 aliphatic heterocycles. The van der Waals surface area contributed by atoms with E-state index in [4.69, 9.17) is 0 Å². The minimum Gasteiger partial charge on any atom is -0.284 e. The van der Waals surface area contributed by atoms with Crippen LogP contribution >= 0.6 is 23.1 Å². The van der Waals surface area contributed by atoms with Crippen LogP contribution in [0.3, 0.4) is 0 Å². The molecule has 0 bridgehead atoms. The van der Waals surface area contributed by atoms with Crippen LogP contribution in [0.4, 0.5) is 5.13 Å². The van der Waals surface area contributed by atoms with Crippen LogP contribution in [-0.2, 0) is 17.1 Å². The number of fused-ring (bicyclic) bond motifs is 3. The molecule has 0 saturated heterocycles. The highest BCUT2D eigenvalue weighted by atomic mass is 32.2. The number of thioether (sulfide) groups is 1. The van der Waals surface area contributed by atoms with Gasteiger partial charge >= 0.3 is 0 Å². The van der Waals surface area contributed by atoms with E-state index in [1.807, 2.05) is 42.5 Å². The smallest absolute Gasteiger partial charge is 0.262 e. The highest BCUT2D eigenvalue weighted by Crippen LogP contribution is 2.36. The van der Waals surface area contributed by atoms with E-state index in [1.165, 1.54) is 23.1 Å². The molecule has 3 heterocycles. The second-order valence-electron chi connectivity index (χ2n) is 7.31. The van der Waals surface area contributed by atoms with E-state index >= 15 is 0 Å². The third-order valence-electron chi connectivity index (χ3n) is 5.30. The molecular formula is C20H21N7O2S2. The molecule has 3 aromatic heterocycles. The van der Waals surface area contributed by atoms with Gasteiger partial charge in [0.05, 0.1) is 16.7 Å². The van der Waals surface area contributed by atoms with Gasteiger partial charge in [0.15, 0.2) is 4.34 Å². The Morgan fingerprint density at radius 3 is 2.74 bits per heavy atom. The quantitative estimate of drug-likeness (QED) is 0.312. The van der Waals surface area contributed by atoms with E-state index in [0.29, 0.717) is 35.0 Å². The Hall–Kier alpha value is -2.79. The van der Waals surface area contributed by atoms with Crippen molar-refractivity contribution in [3.8, 4) is 0 Å². The van der Waals surface area contributed by atoms with E-state index in [1.54, 1.807) is 9.47 Å². The molecule has 1 aliphatic carbocycles. The molecule has 160 valence electrons. The fourth-order valence-corrected chi connectivity index (χ4v) is 5.49. The normalized spacial score (nSPS) is 13.9. The lowest BCUT2D eigenvalue weighted by molar-refractivity contribution is -0.118. The Labute approximate surface area is 186 Å². The molecule has 0 unspecified atom stereocenters. The largest absolute Gasteiger partial charge is 0.284 e. The van der Waals surface area contributed by atoms with Gasteiger partial charge in [0.1, 0.15) is 5.82 Å². The zero-order valence-corrected chi connectivity index (χ0v) is 18.8. The van der Waals surface area contributed by atoms with Gasteiger partial charge in [-0.25, -0.2) is 0 Å². The van der Waals surface area contributed by atoms with Gasteiger partial charge in [0.2, 0.25) is 16.8 Å². The van der Waals surface area contributed by atoms with Gasteiger partial charge in [-0.1, -0.05) is 42.2 Å². The van der Waals surface area contributed by atoms with Crippen LogP contribution in [-0.4, -0.2) is 41.3 Å². The molecule has 0 radical (unpaired) electrons. The summed E-state index contributed by atoms with van der Waals surface area (Å²) in [7, 11) is 0. The number of rotatable bonds is 7. The molecule has 1 aromatic carbocycles. The fraction of sp³-hybridized carbons (Fsp3) is 0.400. The van der Waals surface area contributed by atoms with Crippen LogP contribution in [0.5, 0.6) is 0 Å². The maximum atomic E-state index is 12.8. The summed E-state index contributed by atoms with van der Waals surface area (Å²) < 4.78 is 4.34. The number of benzene rings is 1. The average Bonchev–Trinajstić information content (AvgIpc) is 3.36. The molecule has 1 aliphatic rings. The Kier molecular flexibility index (Phi) is 5.22. The van der Waals surface area contributed by atoms with Gasteiger partial charge in [-0.05, 0) is 31.9 Å². The maximum absolute atomic E-state index is 12.8. The second-order valence-corrected chi connectivity index (χ2v) is 9.48. The van der Waals surface area contributed by atoms with Gasteiger partial charge in [0, 0.05) is 19.0 Å². The molecule has 31 heavy (non-hydrogen) atoms. The van der Waals surface area contributed by atoms with E-state index in [9.17, 15) is 9.59 Å². The molecule has 5 rings (SSSR count). The summed E-state index contributed by atoms with van der Waals surface area (Å²) in [5.41, 5.74) is 0.728. The van der Waals surface area contributed by atoms with Crippen molar-refractivity contribution in [1.29, 1.82) is 0 Å². The molecule has 1 saturated carbocycles. The topological polar surface area (TPSA) is 98.3 Å². The molecule has 11 heteroatoms. The first kappa shape index (κ1) is 20.1. The summed E-state index contributed by atoms with van der Waals surface area (Å²) in [6.07, 6.45) is 2.49. The van der Waals surface area contributed by atoms with Crippen molar-refractivity contribution in [3.05, 3.63) is 40.4 Å². The number of hydrogen-bond donors (Lipinski definition) is 0. The minimum atomic E-state index is -0.0632. The first-order chi connectivity index (χ1) is 15.1. The van der Waals surface area contributed by atoms with Crippen molar-refractivity contribution in [2.24, 2.45) is 0 Å². The number of nitrogens with zero attached hydrogens (tertiary/aromatic N) is 7. The van der Waals surface area contributed by atoms with E-state index in [-0.39, 0.29) is 17.5 Å². The van der Waals surface area contributed by atoms with Crippen LogP contribution in [0, 0.1) is 0 Å². The molecular weight excluding hydrogens is 434 g/mol. The summed E-state index contributed by atoms with van der Waals surface area (Å²) in [6.45, 7) is 4.30. The fourth-order valence-electron chi connectivity index (χ4n) is 3.65. The standard InChI is InChI=1S/C20H21N7O2S2/c1-3-16(28)26(12-9-10-12)19-23-24-20(31-19)30-11-15-21-22-18-25(4-2)17(29)13-7-5-6-8-14(13)27(15)18/h5-8,12H,3-4,9-11H2,1-2H3. The number of amides is 1. The zero-order valence-electron chi connectivity index (χ0n) is 17.2. The van der Waals surface area contributed by atoms with Gasteiger partial charge < -0.3 is 0 Å². The van der Waals surface area contributed by atoms with Crippen LogP contribution in [0.25, 0.3) is 16.7 Å². The lowest BCUT2D eigenvalue weighted by Crippen LogP contribution is -2.32. The lowest BCUT2D eigenvalue weighted by Gasteiger charge is -2.17. The predicted octanol–water partition coefficient (Wildman–Crippen LogP) is 3.11. The number of hydrogen-bond acceptors (Lipinski definition) is 8. The summed E-state index contributed by atoms with van der Waals surface area (Å²) in [6, 6.07) is 7.77. The van der Waals surface area contributed by atoms with Crippen molar-refractivity contribution < 1.29 is 4.79 Å². The predicted molar refractivity (Wildman–Crippen MR) is 121 cm³/mol. The van der Waals surface area contributed by atoms with Crippen molar-refractivity contribution >= 4 is 50.8 Å². The molecule has 9 nitrogen and oxygen atoms in total. The highest BCUT2D eigenvalue weighted by Gasteiger charge is 2.35. The van der Waals surface area contributed by atoms with Crippen LogP contribution in [0.1, 0.15) is 38.9 Å². The third-order valence-corrected chi connectivity index (χ3v) is 7.35. The molecule has 1 fully saturated rings. The van der Waals surface area contributed by atoms with Crippen molar-refractivity contribution in [2.45, 2.75) is 55.8 Å². The third kappa shape index (κ3) is 3.51.